The Hall–Kier alpha value is -0.240. The van der Waals surface area contributed by atoms with E-state index in [1.54, 1.807) is 0 Å². The number of thiocarbonyl (C=S) groups is 1. The summed E-state index contributed by atoms with van der Waals surface area (Å²) in [5.74, 6) is 0.724. The summed E-state index contributed by atoms with van der Waals surface area (Å²) in [6.45, 7) is 0.320. The van der Waals surface area contributed by atoms with E-state index in [1.807, 2.05) is 0 Å². The van der Waals surface area contributed by atoms with Gasteiger partial charge in [0.05, 0.1) is 11.2 Å². The van der Waals surface area contributed by atoms with E-state index in [4.69, 9.17) is 5.11 Å². The SMILES string of the molecule is OCCC12CCC(C1)C(N=C=S)C2. The molecule has 0 amide bonds. The lowest BCUT2D eigenvalue weighted by Crippen LogP contribution is -2.21. The third-order valence-electron chi connectivity index (χ3n) is 3.79. The highest BCUT2D eigenvalue weighted by Gasteiger charge is 2.49. The molecule has 3 atom stereocenters. The van der Waals surface area contributed by atoms with Crippen LogP contribution >= 0.6 is 12.2 Å². The molecule has 2 bridgehead atoms. The fourth-order valence-corrected chi connectivity index (χ4v) is 3.30. The van der Waals surface area contributed by atoms with Crippen molar-refractivity contribution < 1.29 is 5.11 Å². The highest BCUT2D eigenvalue weighted by Crippen LogP contribution is 2.56. The topological polar surface area (TPSA) is 32.6 Å². The first-order valence-corrected chi connectivity index (χ1v) is 5.38. The van der Waals surface area contributed by atoms with Gasteiger partial charge in [-0.25, -0.2) is 4.99 Å². The molecule has 0 aromatic rings. The van der Waals surface area contributed by atoms with Crippen molar-refractivity contribution in [2.75, 3.05) is 6.61 Å². The van der Waals surface area contributed by atoms with Gasteiger partial charge in [-0.05, 0) is 55.7 Å². The molecule has 2 aliphatic carbocycles. The van der Waals surface area contributed by atoms with E-state index in [0.29, 0.717) is 18.1 Å². The zero-order chi connectivity index (χ0) is 9.31. The summed E-state index contributed by atoms with van der Waals surface area (Å²) in [6, 6.07) is 0.415. The molecule has 2 saturated carbocycles. The monoisotopic (exact) mass is 197 g/mol. The molecule has 2 aliphatic rings. The summed E-state index contributed by atoms with van der Waals surface area (Å²) in [5.41, 5.74) is 0.403. The van der Waals surface area contributed by atoms with Gasteiger partial charge in [0.15, 0.2) is 0 Å². The summed E-state index contributed by atoms with van der Waals surface area (Å²) >= 11 is 4.64. The summed E-state index contributed by atoms with van der Waals surface area (Å²) < 4.78 is 0. The van der Waals surface area contributed by atoms with E-state index >= 15 is 0 Å². The van der Waals surface area contributed by atoms with Crippen molar-refractivity contribution in [3.8, 4) is 0 Å². The lowest BCUT2D eigenvalue weighted by molar-refractivity contribution is 0.182. The molecule has 2 rings (SSSR count). The van der Waals surface area contributed by atoms with Gasteiger partial charge in [-0.1, -0.05) is 0 Å². The fourth-order valence-electron chi connectivity index (χ4n) is 3.16. The largest absolute Gasteiger partial charge is 0.396 e. The first kappa shape index (κ1) is 9.32. The van der Waals surface area contributed by atoms with Gasteiger partial charge in [0.25, 0.3) is 0 Å². The fraction of sp³-hybridized carbons (Fsp3) is 0.900. The predicted octanol–water partition coefficient (Wildman–Crippen LogP) is 2.03. The zero-order valence-electron chi connectivity index (χ0n) is 7.70. The Kier molecular flexibility index (Phi) is 2.50. The molecule has 2 fully saturated rings. The Morgan fingerprint density at radius 3 is 3.08 bits per heavy atom. The second-order valence-corrected chi connectivity index (χ2v) is 4.65. The van der Waals surface area contributed by atoms with Crippen LogP contribution in [0.3, 0.4) is 0 Å². The van der Waals surface area contributed by atoms with Gasteiger partial charge < -0.3 is 5.11 Å². The van der Waals surface area contributed by atoms with Crippen molar-refractivity contribution in [3.05, 3.63) is 0 Å². The van der Waals surface area contributed by atoms with Crippen LogP contribution in [0.4, 0.5) is 0 Å². The van der Waals surface area contributed by atoms with Crippen LogP contribution in [0.1, 0.15) is 32.1 Å². The first-order chi connectivity index (χ1) is 6.29. The maximum absolute atomic E-state index is 8.99. The van der Waals surface area contributed by atoms with E-state index in [-0.39, 0.29) is 0 Å². The number of nitrogens with zero attached hydrogens (tertiary/aromatic N) is 1. The molecule has 3 heteroatoms. The van der Waals surface area contributed by atoms with Crippen LogP contribution in [0, 0.1) is 11.3 Å². The van der Waals surface area contributed by atoms with Gasteiger partial charge in [-0.3, -0.25) is 0 Å². The van der Waals surface area contributed by atoms with E-state index in [1.165, 1.54) is 19.3 Å². The molecule has 0 aromatic carbocycles. The molecule has 0 aliphatic heterocycles. The number of aliphatic hydroxyl groups excluding tert-OH is 1. The number of isothiocyanates is 1. The highest BCUT2D eigenvalue weighted by atomic mass is 32.1. The average molecular weight is 197 g/mol. The maximum Gasteiger partial charge on any atom is 0.0636 e. The lowest BCUT2D eigenvalue weighted by Gasteiger charge is -2.27. The normalized spacial score (nSPS) is 41.9. The number of fused-ring (bicyclic) bond motifs is 2. The van der Waals surface area contributed by atoms with Crippen molar-refractivity contribution in [2.45, 2.75) is 38.1 Å². The van der Waals surface area contributed by atoms with E-state index in [0.717, 1.165) is 18.8 Å². The number of rotatable bonds is 3. The van der Waals surface area contributed by atoms with Crippen molar-refractivity contribution in [2.24, 2.45) is 16.3 Å². The van der Waals surface area contributed by atoms with Crippen LogP contribution in [0.15, 0.2) is 4.99 Å². The van der Waals surface area contributed by atoms with Gasteiger partial charge in [0.2, 0.25) is 0 Å². The minimum absolute atomic E-state index is 0.320. The first-order valence-electron chi connectivity index (χ1n) is 4.97. The molecule has 0 radical (unpaired) electrons. The maximum atomic E-state index is 8.99. The predicted molar refractivity (Wildman–Crippen MR) is 54.9 cm³/mol. The molecule has 0 saturated heterocycles. The van der Waals surface area contributed by atoms with Crippen LogP contribution in [-0.2, 0) is 0 Å². The minimum atomic E-state index is 0.320. The van der Waals surface area contributed by atoms with Crippen molar-refractivity contribution in [3.63, 3.8) is 0 Å². The molecule has 0 aromatic heterocycles. The van der Waals surface area contributed by atoms with E-state index < -0.39 is 0 Å². The Bertz CT molecular complexity index is 249. The standard InChI is InChI=1S/C10H15NOS/c12-4-3-10-2-1-8(5-10)9(6-10)11-7-13/h8-9,12H,1-6H2. The van der Waals surface area contributed by atoms with Gasteiger partial charge in [-0.15, -0.1) is 0 Å². The van der Waals surface area contributed by atoms with E-state index in [2.05, 4.69) is 22.4 Å². The van der Waals surface area contributed by atoms with Gasteiger partial charge in [0.1, 0.15) is 0 Å². The Balaban J connectivity index is 2.07. The summed E-state index contributed by atoms with van der Waals surface area (Å²) in [5, 5.41) is 11.5. The third kappa shape index (κ3) is 1.56. The molecule has 1 N–H and O–H groups in total. The molecule has 72 valence electrons. The summed E-state index contributed by atoms with van der Waals surface area (Å²) in [7, 11) is 0. The van der Waals surface area contributed by atoms with E-state index in [9.17, 15) is 0 Å². The second kappa shape index (κ2) is 3.49. The Morgan fingerprint density at radius 1 is 1.54 bits per heavy atom. The van der Waals surface area contributed by atoms with Gasteiger partial charge >= 0.3 is 0 Å². The quantitative estimate of drug-likeness (QED) is 0.554. The van der Waals surface area contributed by atoms with Crippen LogP contribution in [-0.4, -0.2) is 22.9 Å². The smallest absolute Gasteiger partial charge is 0.0636 e. The van der Waals surface area contributed by atoms with Crippen molar-refractivity contribution >= 4 is 17.4 Å². The van der Waals surface area contributed by atoms with Crippen LogP contribution in [0.25, 0.3) is 0 Å². The Morgan fingerprint density at radius 2 is 2.38 bits per heavy atom. The number of aliphatic hydroxyl groups is 1. The number of hydrogen-bond donors (Lipinski definition) is 1. The lowest BCUT2D eigenvalue weighted by atomic mass is 9.80. The molecular weight excluding hydrogens is 182 g/mol. The third-order valence-corrected chi connectivity index (χ3v) is 3.89. The number of hydrogen-bond acceptors (Lipinski definition) is 3. The molecule has 13 heavy (non-hydrogen) atoms. The zero-order valence-corrected chi connectivity index (χ0v) is 8.52. The van der Waals surface area contributed by atoms with Crippen LogP contribution < -0.4 is 0 Å². The van der Waals surface area contributed by atoms with Crippen LogP contribution in [0.5, 0.6) is 0 Å². The van der Waals surface area contributed by atoms with Crippen molar-refractivity contribution in [1.82, 2.24) is 0 Å². The molecule has 0 spiro atoms. The van der Waals surface area contributed by atoms with Crippen molar-refractivity contribution in [1.29, 1.82) is 0 Å². The number of aliphatic imine (C=N–C) groups is 1. The molecule has 0 heterocycles. The average Bonchev–Trinajstić information content (AvgIpc) is 2.62. The molecule has 3 unspecified atom stereocenters. The summed E-state index contributed by atoms with van der Waals surface area (Å²) in [4.78, 5) is 4.22. The van der Waals surface area contributed by atoms with Crippen LogP contribution in [0.2, 0.25) is 0 Å². The Labute approximate surface area is 84.1 Å². The highest BCUT2D eigenvalue weighted by molar-refractivity contribution is 7.78. The second-order valence-electron chi connectivity index (χ2n) is 4.47. The van der Waals surface area contributed by atoms with Gasteiger partial charge in [0, 0.05) is 6.61 Å². The summed E-state index contributed by atoms with van der Waals surface area (Å²) in [6.07, 6.45) is 5.88. The molecular formula is C10H15NOS. The molecule has 2 nitrogen and oxygen atoms in total. The van der Waals surface area contributed by atoms with Gasteiger partial charge in [-0.2, -0.15) is 0 Å². The minimum Gasteiger partial charge on any atom is -0.396 e.